The number of aromatic carboxylic acids is 1. The minimum absolute atomic E-state index is 0.0184. The molecule has 1 saturated carbocycles. The largest absolute Gasteiger partial charge is 0.477 e. The molecule has 0 radical (unpaired) electrons. The zero-order valence-electron chi connectivity index (χ0n) is 39.5. The third-order valence-electron chi connectivity index (χ3n) is 12.8. The van der Waals surface area contributed by atoms with Crippen LogP contribution >= 0.6 is 0 Å². The molecule has 1 aliphatic heterocycles. The van der Waals surface area contributed by atoms with Crippen molar-refractivity contribution in [1.82, 2.24) is 35.6 Å². The topological polar surface area (TPSA) is 231 Å². The van der Waals surface area contributed by atoms with Crippen molar-refractivity contribution >= 4 is 23.7 Å². The van der Waals surface area contributed by atoms with Gasteiger partial charge in [0.05, 0.1) is 89.2 Å². The first-order chi connectivity index (χ1) is 33.9. The van der Waals surface area contributed by atoms with Gasteiger partial charge in [-0.2, -0.15) is 15.4 Å². The van der Waals surface area contributed by atoms with Gasteiger partial charge < -0.3 is 48.9 Å². The number of hydrogen-bond donors (Lipinski definition) is 4. The van der Waals surface area contributed by atoms with Gasteiger partial charge in [0, 0.05) is 63.7 Å². The Labute approximate surface area is 403 Å². The summed E-state index contributed by atoms with van der Waals surface area (Å²) in [6.07, 6.45) is 7.60. The van der Waals surface area contributed by atoms with Crippen LogP contribution in [0.5, 0.6) is 0 Å². The van der Waals surface area contributed by atoms with Gasteiger partial charge in [-0.25, -0.2) is 14.6 Å². The molecule has 2 fully saturated rings. The lowest BCUT2D eigenvalue weighted by Crippen LogP contribution is -2.36. The number of ether oxygens (including phenoxy) is 7. The molecule has 4 heterocycles. The standard InChI is InChI=1S/C50H68N8O11/c59-46(7-4-23-63-29-32-66-26-20-52-50(62)69-35-41-39-13-15-42-43(56-57-55-42)16-14-40(39)41)36-9-11-37(12-10-36)48(44-5-1-2-19-51-44)58-21-27-67-33-30-64-24-17-38(18-25-65-31-34-68-28-22-58)53-47-8-3-6-45(54-47)49(60)61/h1-3,5-6,8-12,19,38-41,48H,4,7,13-18,20-35H2,(H,52,62)(H,53,54)(H,60,61)(H,55,56,57)/t39-,40+,41?,48?. The van der Waals surface area contributed by atoms with Crippen LogP contribution in [0.2, 0.25) is 0 Å². The average molecular weight is 957 g/mol. The first-order valence-corrected chi connectivity index (χ1v) is 24.4. The summed E-state index contributed by atoms with van der Waals surface area (Å²) in [5.74, 6) is 1.05. The zero-order chi connectivity index (χ0) is 47.9. The molecule has 2 aliphatic carbocycles. The maximum atomic E-state index is 13.2. The summed E-state index contributed by atoms with van der Waals surface area (Å²) in [4.78, 5) is 48.1. The van der Waals surface area contributed by atoms with Crippen LogP contribution in [-0.2, 0) is 46.0 Å². The minimum Gasteiger partial charge on any atom is -0.477 e. The van der Waals surface area contributed by atoms with Crippen molar-refractivity contribution in [2.75, 3.05) is 111 Å². The molecule has 3 aromatic heterocycles. The third-order valence-corrected chi connectivity index (χ3v) is 12.8. The van der Waals surface area contributed by atoms with Gasteiger partial charge in [-0.15, -0.1) is 0 Å². The van der Waals surface area contributed by atoms with E-state index in [-0.39, 0.29) is 23.6 Å². The van der Waals surface area contributed by atoms with Crippen molar-refractivity contribution < 1.29 is 52.6 Å². The number of hydrogen-bond acceptors (Lipinski definition) is 16. The molecule has 7 rings (SSSR count). The second-order valence-electron chi connectivity index (χ2n) is 17.5. The van der Waals surface area contributed by atoms with E-state index in [4.69, 9.17) is 38.1 Å². The molecule has 4 atom stereocenters. The fourth-order valence-electron chi connectivity index (χ4n) is 9.08. The SMILES string of the molecule is O=C(NCCOCCOCCCC(=O)c1ccc(C(c2ccccn2)N2CCOCCOCCC(Nc3cccc(C(=O)O)n3)CCOCCOCC2)cc1)OCC1[C@H]2CCc3n[nH]nc3CC[C@@H]12. The molecule has 4 N–H and O–H groups in total. The molecule has 4 aromatic rings. The Balaban J connectivity index is 0.783. The lowest BCUT2D eigenvalue weighted by Gasteiger charge is -2.32. The molecule has 1 amide bonds. The molecular weight excluding hydrogens is 889 g/mol. The van der Waals surface area contributed by atoms with E-state index in [1.165, 1.54) is 6.07 Å². The van der Waals surface area contributed by atoms with Gasteiger partial charge in [-0.1, -0.05) is 36.4 Å². The van der Waals surface area contributed by atoms with Gasteiger partial charge in [0.2, 0.25) is 0 Å². The Hall–Kier alpha value is -5.41. The maximum Gasteiger partial charge on any atom is 0.407 e. The van der Waals surface area contributed by atoms with E-state index < -0.39 is 12.1 Å². The van der Waals surface area contributed by atoms with Gasteiger partial charge in [0.15, 0.2) is 11.5 Å². The monoisotopic (exact) mass is 957 g/mol. The number of pyridine rings is 2. The molecule has 0 bridgehead atoms. The van der Waals surface area contributed by atoms with E-state index in [1.54, 1.807) is 18.3 Å². The summed E-state index contributed by atoms with van der Waals surface area (Å²) in [5.41, 5.74) is 4.63. The minimum atomic E-state index is -1.08. The van der Waals surface area contributed by atoms with Crippen molar-refractivity contribution in [3.63, 3.8) is 0 Å². The van der Waals surface area contributed by atoms with E-state index in [0.717, 1.165) is 48.3 Å². The zero-order valence-corrected chi connectivity index (χ0v) is 39.5. The first-order valence-electron chi connectivity index (χ1n) is 24.4. The molecule has 1 aromatic carbocycles. The lowest BCUT2D eigenvalue weighted by molar-refractivity contribution is 0.0128. The molecule has 1 saturated heterocycles. The summed E-state index contributed by atoms with van der Waals surface area (Å²) in [7, 11) is 0. The predicted molar refractivity (Wildman–Crippen MR) is 253 cm³/mol. The van der Waals surface area contributed by atoms with E-state index >= 15 is 0 Å². The number of alkyl carbamates (subject to hydrolysis) is 1. The summed E-state index contributed by atoms with van der Waals surface area (Å²) in [5, 5.41) is 26.7. The van der Waals surface area contributed by atoms with Crippen LogP contribution in [0.3, 0.4) is 0 Å². The Morgan fingerprint density at radius 2 is 1.42 bits per heavy atom. The number of ketones is 1. The van der Waals surface area contributed by atoms with Crippen LogP contribution in [0, 0.1) is 17.8 Å². The van der Waals surface area contributed by atoms with E-state index in [1.807, 2.05) is 42.5 Å². The highest BCUT2D eigenvalue weighted by atomic mass is 16.6. The van der Waals surface area contributed by atoms with Crippen LogP contribution in [0.25, 0.3) is 0 Å². The lowest BCUT2D eigenvalue weighted by atomic mass is 9.98. The number of carbonyl (C=O) groups excluding carboxylic acids is 2. The van der Waals surface area contributed by atoms with Gasteiger partial charge in [0.25, 0.3) is 0 Å². The number of aryl methyl sites for hydroxylation is 2. The summed E-state index contributed by atoms with van der Waals surface area (Å²) in [6.45, 7) is 7.11. The van der Waals surface area contributed by atoms with Crippen LogP contribution in [0.15, 0.2) is 66.9 Å². The second kappa shape index (κ2) is 28.3. The smallest absolute Gasteiger partial charge is 0.407 e. The molecule has 69 heavy (non-hydrogen) atoms. The number of aromatic nitrogens is 5. The van der Waals surface area contributed by atoms with Gasteiger partial charge >= 0.3 is 12.1 Å². The molecular formula is C50H68N8O11. The molecule has 19 heteroatoms. The van der Waals surface area contributed by atoms with Crippen LogP contribution in [-0.4, -0.2) is 165 Å². The first kappa shape index (κ1) is 51.4. The van der Waals surface area contributed by atoms with Gasteiger partial charge in [0.1, 0.15) is 5.82 Å². The van der Waals surface area contributed by atoms with Crippen molar-refractivity contribution in [2.45, 2.75) is 63.5 Å². The predicted octanol–water partition coefficient (Wildman–Crippen LogP) is 5.19. The number of fused-ring (bicyclic) bond motifs is 2. The molecule has 374 valence electrons. The molecule has 0 spiro atoms. The quantitative estimate of drug-likeness (QED) is 0.0700. The number of benzene rings is 1. The van der Waals surface area contributed by atoms with Crippen LogP contribution in [0.1, 0.15) is 88.1 Å². The Kier molecular flexibility index (Phi) is 21.1. The van der Waals surface area contributed by atoms with Crippen molar-refractivity contribution in [1.29, 1.82) is 0 Å². The number of aromatic amines is 1. The van der Waals surface area contributed by atoms with Crippen LogP contribution in [0.4, 0.5) is 10.6 Å². The number of H-pyrrole nitrogens is 1. The number of Topliss-reactive ketones (excluding diaryl/α,β-unsaturated/α-hetero) is 1. The number of rotatable bonds is 19. The third kappa shape index (κ3) is 16.9. The second-order valence-corrected chi connectivity index (χ2v) is 17.5. The average Bonchev–Trinajstić information content (AvgIpc) is 3.82. The Morgan fingerprint density at radius 3 is 2.07 bits per heavy atom. The van der Waals surface area contributed by atoms with Crippen molar-refractivity contribution in [3.8, 4) is 0 Å². The number of carbonyl (C=O) groups is 3. The van der Waals surface area contributed by atoms with Crippen LogP contribution < -0.4 is 10.6 Å². The maximum absolute atomic E-state index is 13.2. The number of nitrogens with one attached hydrogen (secondary N) is 3. The normalized spacial score (nSPS) is 20.7. The Bertz CT molecular complexity index is 2100. The van der Waals surface area contributed by atoms with Crippen molar-refractivity contribution in [2.24, 2.45) is 17.8 Å². The Morgan fingerprint density at radius 1 is 0.754 bits per heavy atom. The van der Waals surface area contributed by atoms with Gasteiger partial charge in [-0.05, 0) is 92.5 Å². The highest BCUT2D eigenvalue weighted by Gasteiger charge is 2.50. The van der Waals surface area contributed by atoms with Gasteiger partial charge in [-0.3, -0.25) is 14.7 Å². The van der Waals surface area contributed by atoms with E-state index in [9.17, 15) is 19.5 Å². The summed E-state index contributed by atoms with van der Waals surface area (Å²) < 4.78 is 40.8. The molecule has 3 aliphatic rings. The number of carboxylic acids is 1. The highest BCUT2D eigenvalue weighted by molar-refractivity contribution is 5.96. The van der Waals surface area contributed by atoms with E-state index in [0.29, 0.717) is 160 Å². The number of nitrogens with zero attached hydrogens (tertiary/aromatic N) is 5. The summed E-state index contributed by atoms with van der Waals surface area (Å²) in [6, 6.07) is 18.3. The molecule has 19 nitrogen and oxygen atoms in total. The number of anilines is 1. The van der Waals surface area contributed by atoms with Crippen molar-refractivity contribution in [3.05, 3.63) is 101 Å². The highest BCUT2D eigenvalue weighted by Crippen LogP contribution is 2.52. The summed E-state index contributed by atoms with van der Waals surface area (Å²) >= 11 is 0. The number of carboxylic acid groups (broad SMARTS) is 1. The fraction of sp³-hybridized carbons (Fsp3) is 0.580. The fourth-order valence-corrected chi connectivity index (χ4v) is 9.08. The molecule has 2 unspecified atom stereocenters. The number of amides is 1. The van der Waals surface area contributed by atoms with E-state index in [2.05, 4.69) is 35.9 Å².